The van der Waals surface area contributed by atoms with Gasteiger partial charge in [0.2, 0.25) is 0 Å². The molecule has 180 valence electrons. The molecule has 0 bridgehead atoms. The Labute approximate surface area is 203 Å². The molecule has 2 heteroatoms. The topological polar surface area (TPSA) is 6.48 Å². The largest absolute Gasteiger partial charge is 0.302 e. The molecule has 1 aliphatic heterocycles. The van der Waals surface area contributed by atoms with Crippen LogP contribution < -0.4 is 0 Å². The molecule has 2 atom stereocenters. The highest BCUT2D eigenvalue weighted by Gasteiger charge is 2.30. The normalized spacial score (nSPS) is 25.5. The zero-order valence-electron chi connectivity index (χ0n) is 21.4. The van der Waals surface area contributed by atoms with Gasteiger partial charge in [0.05, 0.1) is 0 Å². The predicted molar refractivity (Wildman–Crippen MR) is 143 cm³/mol. The molecule has 1 saturated carbocycles. The van der Waals surface area contributed by atoms with Crippen molar-refractivity contribution in [3.8, 4) is 0 Å². The van der Waals surface area contributed by atoms with Crippen LogP contribution >= 0.6 is 0 Å². The molecule has 2 nitrogen and oxygen atoms in total. The summed E-state index contributed by atoms with van der Waals surface area (Å²) in [5.74, 6) is 1.18. The maximum Gasteiger partial charge on any atom is 0.0382 e. The van der Waals surface area contributed by atoms with Crippen molar-refractivity contribution in [3.05, 3.63) is 65.3 Å². The van der Waals surface area contributed by atoms with E-state index in [0.29, 0.717) is 17.9 Å². The van der Waals surface area contributed by atoms with Crippen LogP contribution in [0.4, 0.5) is 0 Å². The van der Waals surface area contributed by atoms with Crippen molar-refractivity contribution in [3.63, 3.8) is 0 Å². The third-order valence-electron chi connectivity index (χ3n) is 8.46. The van der Waals surface area contributed by atoms with Crippen LogP contribution in [0, 0.1) is 18.8 Å². The quantitative estimate of drug-likeness (QED) is 0.414. The average molecular weight is 447 g/mol. The minimum Gasteiger partial charge on any atom is -0.302 e. The van der Waals surface area contributed by atoms with Gasteiger partial charge < -0.3 is 4.90 Å². The molecule has 0 aromatic heterocycles. The van der Waals surface area contributed by atoms with Crippen molar-refractivity contribution in [1.82, 2.24) is 9.80 Å². The van der Waals surface area contributed by atoms with E-state index in [2.05, 4.69) is 79.1 Å². The lowest BCUT2D eigenvalue weighted by Gasteiger charge is -2.39. The first-order chi connectivity index (χ1) is 16.2. The van der Waals surface area contributed by atoms with Crippen LogP contribution in [-0.4, -0.2) is 48.6 Å². The average Bonchev–Trinajstić information content (AvgIpc) is 2.87. The van der Waals surface area contributed by atoms with Crippen LogP contribution in [0.2, 0.25) is 0 Å². The lowest BCUT2D eigenvalue weighted by atomic mass is 9.74. The molecule has 0 radical (unpaired) electrons. The first-order valence-electron chi connectivity index (χ1n) is 13.8. The number of likely N-dealkylation sites (N-methyl/N-ethyl adjacent to an activating group) is 1. The Morgan fingerprint density at radius 2 is 1.64 bits per heavy atom. The molecule has 1 aromatic carbocycles. The van der Waals surface area contributed by atoms with E-state index in [4.69, 9.17) is 0 Å². The second-order valence-corrected chi connectivity index (χ2v) is 10.6. The number of allylic oxidation sites excluding steroid dienone is 3. The molecule has 3 aliphatic rings. The summed E-state index contributed by atoms with van der Waals surface area (Å²) in [5.41, 5.74) is 6.20. The maximum atomic E-state index is 2.74. The van der Waals surface area contributed by atoms with E-state index in [-0.39, 0.29) is 0 Å². The summed E-state index contributed by atoms with van der Waals surface area (Å²) in [6.45, 7) is 13.2. The van der Waals surface area contributed by atoms with Crippen LogP contribution in [0.1, 0.15) is 76.3 Å². The number of aryl methyl sites for hydroxylation is 1. The Hall–Kier alpha value is -1.64. The van der Waals surface area contributed by atoms with Crippen molar-refractivity contribution < 1.29 is 0 Å². The molecule has 2 aliphatic carbocycles. The zero-order chi connectivity index (χ0) is 23.0. The lowest BCUT2D eigenvalue weighted by molar-refractivity contribution is 0.157. The second kappa shape index (κ2) is 12.2. The number of piperidine rings is 1. The van der Waals surface area contributed by atoms with Crippen molar-refractivity contribution >= 4 is 5.57 Å². The molecule has 2 fully saturated rings. The Morgan fingerprint density at radius 1 is 0.939 bits per heavy atom. The summed E-state index contributed by atoms with van der Waals surface area (Å²) in [5, 5.41) is 0. The van der Waals surface area contributed by atoms with Crippen molar-refractivity contribution in [2.45, 2.75) is 78.2 Å². The number of hydrogen-bond donors (Lipinski definition) is 0. The molecule has 4 rings (SSSR count). The third kappa shape index (κ3) is 6.08. The van der Waals surface area contributed by atoms with E-state index < -0.39 is 0 Å². The standard InChI is InChI=1S/C31H46N2/c1-4-33(24-23-32-21-13-6-14-22-32)30-20-12-11-19-29(30)26(3)31(27-16-7-5-8-17-27)28-18-10-9-15-25(28)2/h9-12,15,18-20,27,29-30H,4-8,13-14,16-17,21-24H2,1-3H3/b31-26+. The van der Waals surface area contributed by atoms with E-state index in [1.807, 2.05) is 0 Å². The Kier molecular flexibility index (Phi) is 9.03. The van der Waals surface area contributed by atoms with E-state index in [1.54, 1.807) is 11.1 Å². The monoisotopic (exact) mass is 446 g/mol. The smallest absolute Gasteiger partial charge is 0.0382 e. The van der Waals surface area contributed by atoms with Crippen LogP contribution in [0.25, 0.3) is 5.57 Å². The molecule has 0 N–H and O–H groups in total. The van der Waals surface area contributed by atoms with Gasteiger partial charge in [-0.05, 0) is 81.8 Å². The fourth-order valence-electron chi connectivity index (χ4n) is 6.52. The second-order valence-electron chi connectivity index (χ2n) is 10.6. The van der Waals surface area contributed by atoms with E-state index >= 15 is 0 Å². The van der Waals surface area contributed by atoms with Gasteiger partial charge in [-0.15, -0.1) is 0 Å². The summed E-state index contributed by atoms with van der Waals surface area (Å²) < 4.78 is 0. The highest BCUT2D eigenvalue weighted by Crippen LogP contribution is 2.42. The molecule has 1 aromatic rings. The summed E-state index contributed by atoms with van der Waals surface area (Å²) in [7, 11) is 0. The molecular formula is C31H46N2. The Balaban J connectivity index is 1.62. The molecule has 2 unspecified atom stereocenters. The molecule has 33 heavy (non-hydrogen) atoms. The van der Waals surface area contributed by atoms with Gasteiger partial charge in [0.1, 0.15) is 0 Å². The molecule has 0 spiro atoms. The van der Waals surface area contributed by atoms with Gasteiger partial charge in [-0.25, -0.2) is 0 Å². The number of nitrogens with zero attached hydrogens (tertiary/aromatic N) is 2. The van der Waals surface area contributed by atoms with Crippen molar-refractivity contribution in [2.75, 3.05) is 32.7 Å². The minimum absolute atomic E-state index is 0.465. The van der Waals surface area contributed by atoms with E-state index in [1.165, 1.54) is 88.7 Å². The van der Waals surface area contributed by atoms with Crippen molar-refractivity contribution in [1.29, 1.82) is 0 Å². The van der Waals surface area contributed by atoms with Crippen molar-refractivity contribution in [2.24, 2.45) is 11.8 Å². The van der Waals surface area contributed by atoms with Gasteiger partial charge in [0.25, 0.3) is 0 Å². The lowest BCUT2D eigenvalue weighted by Crippen LogP contribution is -2.45. The first kappa shape index (κ1) is 24.5. The highest BCUT2D eigenvalue weighted by atomic mass is 15.2. The first-order valence-corrected chi connectivity index (χ1v) is 13.8. The van der Waals surface area contributed by atoms with Crippen LogP contribution in [0.3, 0.4) is 0 Å². The molecule has 1 heterocycles. The van der Waals surface area contributed by atoms with Gasteiger partial charge in [-0.1, -0.05) is 86.7 Å². The van der Waals surface area contributed by atoms with Gasteiger partial charge in [0.15, 0.2) is 0 Å². The number of likely N-dealkylation sites (tertiary alicyclic amines) is 1. The van der Waals surface area contributed by atoms with Crippen LogP contribution in [0.5, 0.6) is 0 Å². The zero-order valence-corrected chi connectivity index (χ0v) is 21.4. The molecule has 1 saturated heterocycles. The van der Waals surface area contributed by atoms with E-state index in [9.17, 15) is 0 Å². The highest BCUT2D eigenvalue weighted by molar-refractivity contribution is 5.73. The minimum atomic E-state index is 0.465. The third-order valence-corrected chi connectivity index (χ3v) is 8.46. The van der Waals surface area contributed by atoms with Gasteiger partial charge in [0, 0.05) is 25.0 Å². The van der Waals surface area contributed by atoms with Crippen LogP contribution in [-0.2, 0) is 0 Å². The number of hydrogen-bond acceptors (Lipinski definition) is 2. The number of rotatable bonds is 8. The molecule has 0 amide bonds. The predicted octanol–water partition coefficient (Wildman–Crippen LogP) is 7.27. The summed E-state index contributed by atoms with van der Waals surface area (Å²) in [6.07, 6.45) is 20.6. The number of benzene rings is 1. The fraction of sp³-hybridized carbons (Fsp3) is 0.613. The fourth-order valence-corrected chi connectivity index (χ4v) is 6.52. The summed E-state index contributed by atoms with van der Waals surface area (Å²) >= 11 is 0. The Bertz CT molecular complexity index is 836. The van der Waals surface area contributed by atoms with E-state index in [0.717, 1.165) is 6.54 Å². The maximum absolute atomic E-state index is 2.74. The van der Waals surface area contributed by atoms with Crippen LogP contribution in [0.15, 0.2) is 54.1 Å². The van der Waals surface area contributed by atoms with Gasteiger partial charge >= 0.3 is 0 Å². The SMILES string of the molecule is CCN(CCN1CCCCC1)C1C=CC=CC1/C(C)=C(/c1ccccc1C)C1CCCCC1. The summed E-state index contributed by atoms with van der Waals surface area (Å²) in [6, 6.07) is 9.58. The Morgan fingerprint density at radius 3 is 2.36 bits per heavy atom. The van der Waals surface area contributed by atoms with Gasteiger partial charge in [-0.2, -0.15) is 0 Å². The summed E-state index contributed by atoms with van der Waals surface area (Å²) in [4.78, 5) is 5.42. The van der Waals surface area contributed by atoms with Gasteiger partial charge in [-0.3, -0.25) is 4.90 Å². The molecular weight excluding hydrogens is 400 g/mol.